The third-order valence-corrected chi connectivity index (χ3v) is 7.31. The number of carbonyl (C=O) groups excluding carboxylic acids is 5. The molecule has 0 aromatic heterocycles. The number of sulfonamides is 1. The number of rotatable bonds is 8. The minimum atomic E-state index is -4.95. The van der Waals surface area contributed by atoms with Crippen LogP contribution in [0, 0.1) is 0 Å². The van der Waals surface area contributed by atoms with Crippen molar-refractivity contribution >= 4 is 74.2 Å². The molecule has 0 aliphatic carbocycles. The number of nitrogens with one attached hydrogen (secondary N) is 6. The summed E-state index contributed by atoms with van der Waals surface area (Å²) in [6.45, 7) is 15.8. The standard InChI is InChI=1S/C18H20N2O3.C13H15F3N2O3.C12H18N2O4S/c1-18(2,3)23-17(22)20-15-11-9-14(10-12-15)19-16(21)13-7-5-4-6-8-13;1-12(2,3)21-11(20)18-9-6-4-8(5-7-9)17-10(19)13(14,15)16;1-12(2,3)18-11(15)13-9-5-7-10(8-6-9)14-19(4,16)17/h4-12H,1-3H3,(H,19,21)(H,20,22);4-7H,1-3H3,(H,17,19)(H,18,20);5-8,14H,1-4H3,(H,13,15). The van der Waals surface area contributed by atoms with Gasteiger partial charge in [0.25, 0.3) is 5.91 Å². The van der Waals surface area contributed by atoms with Crippen LogP contribution in [0.4, 0.5) is 61.7 Å². The molecular weight excluding hydrogens is 850 g/mol. The summed E-state index contributed by atoms with van der Waals surface area (Å²) in [7, 11) is -3.30. The Morgan fingerprint density at radius 2 is 0.730 bits per heavy atom. The molecule has 63 heavy (non-hydrogen) atoms. The Labute approximate surface area is 364 Å². The summed E-state index contributed by atoms with van der Waals surface area (Å²) >= 11 is 0. The molecule has 342 valence electrons. The van der Waals surface area contributed by atoms with Crippen molar-refractivity contribution in [1.82, 2.24) is 0 Å². The van der Waals surface area contributed by atoms with Gasteiger partial charge in [-0.05, 0) is 147 Å². The first kappa shape index (κ1) is 52.3. The molecule has 0 fully saturated rings. The molecule has 0 saturated carbocycles. The van der Waals surface area contributed by atoms with E-state index in [1.54, 1.807) is 128 Å². The lowest BCUT2D eigenvalue weighted by atomic mass is 10.2. The third-order valence-electron chi connectivity index (χ3n) is 6.70. The number of halogens is 3. The molecule has 16 nitrogen and oxygen atoms in total. The zero-order valence-corrected chi connectivity index (χ0v) is 37.3. The van der Waals surface area contributed by atoms with E-state index in [1.165, 1.54) is 24.3 Å². The van der Waals surface area contributed by atoms with Crippen LogP contribution in [0.5, 0.6) is 0 Å². The van der Waals surface area contributed by atoms with E-state index in [2.05, 4.69) is 26.0 Å². The quantitative estimate of drug-likeness (QED) is 0.0919. The van der Waals surface area contributed by atoms with Gasteiger partial charge in [0.05, 0.1) is 6.26 Å². The highest BCUT2D eigenvalue weighted by Crippen LogP contribution is 2.21. The van der Waals surface area contributed by atoms with Crippen molar-refractivity contribution in [2.45, 2.75) is 85.3 Å². The Morgan fingerprint density at radius 3 is 1.02 bits per heavy atom. The maximum Gasteiger partial charge on any atom is 0.471 e. The molecule has 0 radical (unpaired) electrons. The highest BCUT2D eigenvalue weighted by Gasteiger charge is 2.38. The van der Waals surface area contributed by atoms with Crippen LogP contribution >= 0.6 is 0 Å². The Bertz CT molecular complexity index is 2260. The highest BCUT2D eigenvalue weighted by atomic mass is 32.2. The topological polar surface area (TPSA) is 219 Å². The Morgan fingerprint density at radius 1 is 0.444 bits per heavy atom. The molecule has 4 rings (SSSR count). The summed E-state index contributed by atoms with van der Waals surface area (Å²) in [5.41, 5.74) is 1.29. The first-order valence-electron chi connectivity index (χ1n) is 18.9. The van der Waals surface area contributed by atoms with Crippen LogP contribution in [0.3, 0.4) is 0 Å². The van der Waals surface area contributed by atoms with E-state index in [9.17, 15) is 45.6 Å². The largest absolute Gasteiger partial charge is 0.471 e. The van der Waals surface area contributed by atoms with Crippen LogP contribution < -0.4 is 31.3 Å². The van der Waals surface area contributed by atoms with Crippen molar-refractivity contribution < 1.29 is 59.8 Å². The highest BCUT2D eigenvalue weighted by molar-refractivity contribution is 7.92. The van der Waals surface area contributed by atoms with Crippen molar-refractivity contribution in [3.8, 4) is 0 Å². The van der Waals surface area contributed by atoms with Crippen molar-refractivity contribution in [3.05, 3.63) is 109 Å². The van der Waals surface area contributed by atoms with E-state index in [0.717, 1.165) is 6.26 Å². The first-order chi connectivity index (χ1) is 28.9. The Hall–Kier alpha value is -6.83. The number of benzene rings is 4. The van der Waals surface area contributed by atoms with Gasteiger partial charge in [-0.3, -0.25) is 30.3 Å². The van der Waals surface area contributed by atoms with E-state index >= 15 is 0 Å². The summed E-state index contributed by atoms with van der Waals surface area (Å²) < 4.78 is 75.8. The van der Waals surface area contributed by atoms with Gasteiger partial charge in [-0.1, -0.05) is 18.2 Å². The molecule has 0 unspecified atom stereocenters. The first-order valence-corrected chi connectivity index (χ1v) is 20.8. The van der Waals surface area contributed by atoms with Crippen molar-refractivity contribution in [1.29, 1.82) is 0 Å². The van der Waals surface area contributed by atoms with E-state index in [0.29, 0.717) is 34.0 Å². The molecule has 0 aliphatic rings. The zero-order valence-electron chi connectivity index (χ0n) is 36.4. The average Bonchev–Trinajstić information content (AvgIpc) is 3.11. The summed E-state index contributed by atoms with van der Waals surface area (Å²) in [6.07, 6.45) is -5.64. The SMILES string of the molecule is CC(C)(C)OC(=O)Nc1ccc(NC(=O)C(F)(F)F)cc1.CC(C)(C)OC(=O)Nc1ccc(NC(=O)c2ccccc2)cc1.CC(C)(C)OC(=O)Nc1ccc(NS(C)(=O)=O)cc1. The predicted octanol–water partition coefficient (Wildman–Crippen LogP) is 10.2. The minimum absolute atomic E-state index is 0.0351. The molecule has 0 aliphatic heterocycles. The lowest BCUT2D eigenvalue weighted by Gasteiger charge is -2.19. The minimum Gasteiger partial charge on any atom is -0.444 e. The molecule has 4 aromatic carbocycles. The van der Waals surface area contributed by atoms with Crippen molar-refractivity contribution in [3.63, 3.8) is 0 Å². The maximum absolute atomic E-state index is 12.1. The van der Waals surface area contributed by atoms with E-state index in [1.807, 2.05) is 18.2 Å². The number of hydrogen-bond acceptors (Lipinski definition) is 10. The number of alkyl halides is 3. The monoisotopic (exact) mass is 902 g/mol. The summed E-state index contributed by atoms with van der Waals surface area (Å²) in [6, 6.07) is 27.2. The van der Waals surface area contributed by atoms with Crippen LogP contribution in [0.1, 0.15) is 72.7 Å². The van der Waals surface area contributed by atoms with E-state index < -0.39 is 57.2 Å². The Balaban J connectivity index is 0.000000327. The van der Waals surface area contributed by atoms with Crippen molar-refractivity contribution in [2.24, 2.45) is 0 Å². The van der Waals surface area contributed by atoms with Crippen LogP contribution in [0.2, 0.25) is 0 Å². The van der Waals surface area contributed by atoms with Gasteiger partial charge in [0.2, 0.25) is 10.0 Å². The third kappa shape index (κ3) is 23.7. The van der Waals surface area contributed by atoms with Crippen LogP contribution in [-0.4, -0.2) is 67.7 Å². The number of carbonyl (C=O) groups is 5. The van der Waals surface area contributed by atoms with Crippen LogP contribution in [0.15, 0.2) is 103 Å². The lowest BCUT2D eigenvalue weighted by Crippen LogP contribution is -2.29. The normalized spacial score (nSPS) is 11.4. The second-order valence-corrected chi connectivity index (χ2v) is 18.0. The molecule has 0 atom stereocenters. The second kappa shape index (κ2) is 22.3. The smallest absolute Gasteiger partial charge is 0.444 e. The van der Waals surface area contributed by atoms with Gasteiger partial charge in [-0.15, -0.1) is 0 Å². The summed E-state index contributed by atoms with van der Waals surface area (Å²) in [5, 5.41) is 12.1. The zero-order chi connectivity index (χ0) is 47.8. The number of hydrogen-bond donors (Lipinski definition) is 6. The van der Waals surface area contributed by atoms with Gasteiger partial charge in [0.1, 0.15) is 16.8 Å². The average molecular weight is 903 g/mol. The number of anilines is 6. The number of amides is 5. The van der Waals surface area contributed by atoms with Gasteiger partial charge >= 0.3 is 30.4 Å². The van der Waals surface area contributed by atoms with Crippen LogP contribution in [0.25, 0.3) is 0 Å². The Kier molecular flexibility index (Phi) is 18.5. The van der Waals surface area contributed by atoms with E-state index in [4.69, 9.17) is 14.2 Å². The predicted molar refractivity (Wildman–Crippen MR) is 236 cm³/mol. The summed E-state index contributed by atoms with van der Waals surface area (Å²) in [4.78, 5) is 57.4. The van der Waals surface area contributed by atoms with Gasteiger partial charge < -0.3 is 24.8 Å². The lowest BCUT2D eigenvalue weighted by molar-refractivity contribution is -0.167. The molecule has 5 amide bonds. The molecule has 20 heteroatoms. The van der Waals surface area contributed by atoms with Crippen molar-refractivity contribution in [2.75, 3.05) is 37.6 Å². The molecule has 4 aromatic rings. The van der Waals surface area contributed by atoms with Gasteiger partial charge in [-0.25, -0.2) is 22.8 Å². The molecule has 0 saturated heterocycles. The second-order valence-electron chi connectivity index (χ2n) is 16.3. The molecule has 0 bridgehead atoms. The van der Waals surface area contributed by atoms with Gasteiger partial charge in [-0.2, -0.15) is 13.2 Å². The fraction of sp³-hybridized carbons (Fsp3) is 0.326. The molecular formula is C43H53F3N6O10S. The maximum atomic E-state index is 12.1. The fourth-order valence-corrected chi connectivity index (χ4v) is 4.93. The van der Waals surface area contributed by atoms with E-state index in [-0.39, 0.29) is 11.6 Å². The summed E-state index contributed by atoms with van der Waals surface area (Å²) in [5.74, 6) is -2.24. The van der Waals surface area contributed by atoms with Crippen LogP contribution in [-0.2, 0) is 29.0 Å². The van der Waals surface area contributed by atoms with Gasteiger partial charge in [0, 0.05) is 39.7 Å². The fourth-order valence-electron chi connectivity index (χ4n) is 4.37. The molecule has 0 heterocycles. The molecule has 6 N–H and O–H groups in total. The van der Waals surface area contributed by atoms with Gasteiger partial charge in [0.15, 0.2) is 0 Å². The molecule has 0 spiro atoms. The number of ether oxygens (including phenoxy) is 3.